The number of rotatable bonds is 3. The molecule has 1 unspecified atom stereocenters. The summed E-state index contributed by atoms with van der Waals surface area (Å²) in [6.07, 6.45) is 0. The summed E-state index contributed by atoms with van der Waals surface area (Å²) in [4.78, 5) is 0. The number of benzene rings is 1. The quantitative estimate of drug-likeness (QED) is 0.869. The lowest BCUT2D eigenvalue weighted by atomic mass is 10.2. The Bertz CT molecular complexity index is 360. The molecule has 4 heteroatoms. The number of aliphatic hydroxyl groups is 1. The van der Waals surface area contributed by atoms with E-state index >= 15 is 0 Å². The highest BCUT2D eigenvalue weighted by Crippen LogP contribution is 2.23. The van der Waals surface area contributed by atoms with E-state index in [4.69, 9.17) is 10.4 Å². The molecule has 0 aliphatic carbocycles. The molecule has 0 amide bonds. The maximum Gasteiger partial charge on any atom is 0.0992 e. The smallest absolute Gasteiger partial charge is 0.0992 e. The zero-order chi connectivity index (χ0) is 10.6. The minimum Gasteiger partial charge on any atom is -0.394 e. The van der Waals surface area contributed by atoms with Gasteiger partial charge in [-0.2, -0.15) is 5.26 Å². The molecule has 1 atom stereocenters. The Kier molecular flexibility index (Phi) is 3.93. The Morgan fingerprint density at radius 2 is 2.36 bits per heavy atom. The predicted molar refractivity (Wildman–Crippen MR) is 59.0 cm³/mol. The molecule has 0 fully saturated rings. The predicted octanol–water partition coefficient (Wildman–Crippen LogP) is 2.11. The van der Waals surface area contributed by atoms with Crippen molar-refractivity contribution in [3.63, 3.8) is 0 Å². The van der Waals surface area contributed by atoms with Crippen LogP contribution >= 0.6 is 15.9 Å². The molecule has 0 saturated carbocycles. The van der Waals surface area contributed by atoms with Crippen molar-refractivity contribution in [2.45, 2.75) is 13.0 Å². The zero-order valence-corrected chi connectivity index (χ0v) is 9.37. The lowest BCUT2D eigenvalue weighted by Gasteiger charge is -2.13. The van der Waals surface area contributed by atoms with E-state index in [1.54, 1.807) is 12.1 Å². The first-order valence-corrected chi connectivity index (χ1v) is 5.03. The van der Waals surface area contributed by atoms with E-state index in [9.17, 15) is 0 Å². The minimum atomic E-state index is -0.000708. The molecule has 74 valence electrons. The monoisotopic (exact) mass is 254 g/mol. The molecule has 0 aromatic heterocycles. The fourth-order valence-corrected chi connectivity index (χ4v) is 1.51. The molecule has 3 nitrogen and oxygen atoms in total. The Morgan fingerprint density at radius 1 is 1.64 bits per heavy atom. The third-order valence-electron chi connectivity index (χ3n) is 1.77. The highest BCUT2D eigenvalue weighted by molar-refractivity contribution is 9.10. The van der Waals surface area contributed by atoms with Crippen LogP contribution in [0.2, 0.25) is 0 Å². The van der Waals surface area contributed by atoms with Crippen molar-refractivity contribution in [3.8, 4) is 6.07 Å². The lowest BCUT2D eigenvalue weighted by molar-refractivity contribution is 0.281. The Labute approximate surface area is 91.5 Å². The van der Waals surface area contributed by atoms with E-state index in [-0.39, 0.29) is 12.6 Å². The van der Waals surface area contributed by atoms with Gasteiger partial charge in [0.2, 0.25) is 0 Å². The Morgan fingerprint density at radius 3 is 2.86 bits per heavy atom. The highest BCUT2D eigenvalue weighted by Gasteiger charge is 2.04. The first-order chi connectivity index (χ1) is 6.67. The molecule has 0 saturated heterocycles. The summed E-state index contributed by atoms with van der Waals surface area (Å²) in [5.74, 6) is 0. The average Bonchev–Trinajstić information content (AvgIpc) is 2.20. The normalized spacial score (nSPS) is 11.9. The van der Waals surface area contributed by atoms with Gasteiger partial charge in [-0.05, 0) is 41.1 Å². The van der Waals surface area contributed by atoms with Gasteiger partial charge in [-0.3, -0.25) is 0 Å². The standard InChI is InChI=1S/C10H11BrN2O/c1-7(6-14)13-10-3-2-8(5-12)4-9(10)11/h2-4,7,13-14H,6H2,1H3. The molecule has 1 rings (SSSR count). The number of nitrogens with zero attached hydrogens (tertiary/aromatic N) is 1. The van der Waals surface area contributed by atoms with E-state index in [2.05, 4.69) is 27.3 Å². The second-order valence-corrected chi connectivity index (χ2v) is 3.89. The molecule has 0 radical (unpaired) electrons. The first kappa shape index (κ1) is 11.0. The molecular weight excluding hydrogens is 244 g/mol. The Hall–Kier alpha value is -1.05. The maximum atomic E-state index is 8.86. The van der Waals surface area contributed by atoms with Gasteiger partial charge in [0.25, 0.3) is 0 Å². The summed E-state index contributed by atoms with van der Waals surface area (Å²) >= 11 is 3.35. The van der Waals surface area contributed by atoms with Crippen molar-refractivity contribution >= 4 is 21.6 Å². The van der Waals surface area contributed by atoms with Crippen molar-refractivity contribution in [2.24, 2.45) is 0 Å². The van der Waals surface area contributed by atoms with Gasteiger partial charge in [0.1, 0.15) is 0 Å². The fourth-order valence-electron chi connectivity index (χ4n) is 1.01. The van der Waals surface area contributed by atoms with Crippen LogP contribution in [0.3, 0.4) is 0 Å². The Balaban J connectivity index is 2.85. The van der Waals surface area contributed by atoms with E-state index in [0.29, 0.717) is 5.56 Å². The molecule has 0 aliphatic rings. The third kappa shape index (κ3) is 2.72. The van der Waals surface area contributed by atoms with Gasteiger partial charge in [-0.25, -0.2) is 0 Å². The van der Waals surface area contributed by atoms with Crippen molar-refractivity contribution in [1.82, 2.24) is 0 Å². The van der Waals surface area contributed by atoms with Crippen LogP contribution in [0.1, 0.15) is 12.5 Å². The minimum absolute atomic E-state index is 0.000708. The van der Waals surface area contributed by atoms with Crippen LogP contribution in [0.5, 0.6) is 0 Å². The molecule has 0 bridgehead atoms. The number of halogens is 1. The molecule has 0 aliphatic heterocycles. The van der Waals surface area contributed by atoms with Crippen LogP contribution < -0.4 is 5.32 Å². The van der Waals surface area contributed by atoms with Crippen LogP contribution in [0.15, 0.2) is 22.7 Å². The van der Waals surface area contributed by atoms with Gasteiger partial charge in [-0.15, -0.1) is 0 Å². The van der Waals surface area contributed by atoms with Gasteiger partial charge in [0.15, 0.2) is 0 Å². The summed E-state index contributed by atoms with van der Waals surface area (Å²) in [5, 5.41) is 20.6. The van der Waals surface area contributed by atoms with Crippen molar-refractivity contribution in [1.29, 1.82) is 5.26 Å². The second-order valence-electron chi connectivity index (χ2n) is 3.03. The largest absolute Gasteiger partial charge is 0.394 e. The molecular formula is C10H11BrN2O. The van der Waals surface area contributed by atoms with Crippen molar-refractivity contribution < 1.29 is 5.11 Å². The number of hydrogen-bond donors (Lipinski definition) is 2. The molecule has 14 heavy (non-hydrogen) atoms. The van der Waals surface area contributed by atoms with Crippen LogP contribution in [-0.4, -0.2) is 17.8 Å². The number of nitrogens with one attached hydrogen (secondary N) is 1. The van der Waals surface area contributed by atoms with Crippen LogP contribution in [0, 0.1) is 11.3 Å². The second kappa shape index (κ2) is 4.99. The highest BCUT2D eigenvalue weighted by atomic mass is 79.9. The summed E-state index contributed by atoms with van der Waals surface area (Å²) in [5.41, 5.74) is 1.49. The third-order valence-corrected chi connectivity index (χ3v) is 2.43. The number of anilines is 1. The van der Waals surface area contributed by atoms with Crippen molar-refractivity contribution in [3.05, 3.63) is 28.2 Å². The van der Waals surface area contributed by atoms with E-state index in [1.807, 2.05) is 13.0 Å². The van der Waals surface area contributed by atoms with Gasteiger partial charge in [-0.1, -0.05) is 0 Å². The maximum absolute atomic E-state index is 8.86. The van der Waals surface area contributed by atoms with E-state index < -0.39 is 0 Å². The summed E-state index contributed by atoms with van der Waals surface area (Å²) < 4.78 is 0.830. The topological polar surface area (TPSA) is 56.0 Å². The van der Waals surface area contributed by atoms with Gasteiger partial charge < -0.3 is 10.4 Å². The fraction of sp³-hybridized carbons (Fsp3) is 0.300. The van der Waals surface area contributed by atoms with Crippen molar-refractivity contribution in [2.75, 3.05) is 11.9 Å². The van der Waals surface area contributed by atoms with Crippen LogP contribution in [0.4, 0.5) is 5.69 Å². The average molecular weight is 255 g/mol. The van der Waals surface area contributed by atoms with Gasteiger partial charge in [0, 0.05) is 16.2 Å². The first-order valence-electron chi connectivity index (χ1n) is 4.24. The number of hydrogen-bond acceptors (Lipinski definition) is 3. The molecule has 1 aromatic rings. The zero-order valence-electron chi connectivity index (χ0n) is 7.79. The number of nitriles is 1. The molecule has 0 heterocycles. The van der Waals surface area contributed by atoms with Crippen LogP contribution in [-0.2, 0) is 0 Å². The lowest BCUT2D eigenvalue weighted by Crippen LogP contribution is -2.19. The van der Waals surface area contributed by atoms with Crippen LogP contribution in [0.25, 0.3) is 0 Å². The van der Waals surface area contributed by atoms with E-state index in [1.165, 1.54) is 0 Å². The SMILES string of the molecule is CC(CO)Nc1ccc(C#N)cc1Br. The van der Waals surface area contributed by atoms with Gasteiger partial charge >= 0.3 is 0 Å². The molecule has 2 N–H and O–H groups in total. The van der Waals surface area contributed by atoms with E-state index in [0.717, 1.165) is 10.2 Å². The summed E-state index contributed by atoms with van der Waals surface area (Å²) in [6, 6.07) is 7.34. The summed E-state index contributed by atoms with van der Waals surface area (Å²) in [7, 11) is 0. The molecule has 0 spiro atoms. The number of aliphatic hydroxyl groups excluding tert-OH is 1. The summed E-state index contributed by atoms with van der Waals surface area (Å²) in [6.45, 7) is 1.96. The molecule has 1 aromatic carbocycles. The van der Waals surface area contributed by atoms with Gasteiger partial charge in [0.05, 0.1) is 18.2 Å².